The highest BCUT2D eigenvalue weighted by atomic mass is 15.2. The van der Waals surface area contributed by atoms with Crippen molar-refractivity contribution in [3.63, 3.8) is 0 Å². The highest BCUT2D eigenvalue weighted by Gasteiger charge is 2.35. The van der Waals surface area contributed by atoms with E-state index in [1.54, 1.807) is 0 Å². The molecule has 1 fully saturated rings. The lowest BCUT2D eigenvalue weighted by atomic mass is 9.97. The molecule has 1 unspecified atom stereocenters. The van der Waals surface area contributed by atoms with Crippen LogP contribution in [0.25, 0.3) is 0 Å². The first-order chi connectivity index (χ1) is 8.13. The summed E-state index contributed by atoms with van der Waals surface area (Å²) in [7, 11) is 0. The van der Waals surface area contributed by atoms with Crippen molar-refractivity contribution in [2.24, 2.45) is 5.73 Å². The Morgan fingerprint density at radius 1 is 1.29 bits per heavy atom. The van der Waals surface area contributed by atoms with E-state index >= 15 is 0 Å². The van der Waals surface area contributed by atoms with E-state index in [1.165, 1.54) is 24.9 Å². The first-order valence-electron chi connectivity index (χ1n) is 6.64. The smallest absolute Gasteiger partial charge is 0.0264 e. The van der Waals surface area contributed by atoms with Gasteiger partial charge < -0.3 is 5.73 Å². The fraction of sp³-hybridized carbons (Fsp3) is 0.600. The number of nitrogens with zero attached hydrogens (tertiary/aromatic N) is 1. The van der Waals surface area contributed by atoms with Crippen LogP contribution < -0.4 is 5.73 Å². The number of rotatable bonds is 4. The van der Waals surface area contributed by atoms with Crippen LogP contribution in [0, 0.1) is 0 Å². The third kappa shape index (κ3) is 2.88. The molecule has 0 saturated carbocycles. The Kier molecular flexibility index (Phi) is 3.85. The SMILES string of the molecule is CC1(C)CCCN1C(CN)Cc1ccccc1. The van der Waals surface area contributed by atoms with Gasteiger partial charge in [-0.2, -0.15) is 0 Å². The van der Waals surface area contributed by atoms with Crippen molar-refractivity contribution < 1.29 is 0 Å². The molecule has 1 heterocycles. The Hall–Kier alpha value is -0.860. The van der Waals surface area contributed by atoms with Crippen LogP contribution >= 0.6 is 0 Å². The lowest BCUT2D eigenvalue weighted by molar-refractivity contribution is 0.118. The van der Waals surface area contributed by atoms with Crippen LogP contribution in [0.4, 0.5) is 0 Å². The second kappa shape index (κ2) is 5.19. The Labute approximate surface area is 105 Å². The molecule has 2 N–H and O–H groups in total. The van der Waals surface area contributed by atoms with Gasteiger partial charge in [0.1, 0.15) is 0 Å². The van der Waals surface area contributed by atoms with Gasteiger partial charge in [0.2, 0.25) is 0 Å². The van der Waals surface area contributed by atoms with E-state index in [0.29, 0.717) is 11.6 Å². The van der Waals surface area contributed by atoms with E-state index < -0.39 is 0 Å². The summed E-state index contributed by atoms with van der Waals surface area (Å²) in [6.45, 7) is 6.63. The summed E-state index contributed by atoms with van der Waals surface area (Å²) >= 11 is 0. The molecule has 0 aromatic heterocycles. The molecule has 1 aliphatic heterocycles. The molecule has 2 rings (SSSR count). The predicted octanol–water partition coefficient (Wildman–Crippen LogP) is 2.43. The average Bonchev–Trinajstić information content (AvgIpc) is 2.67. The highest BCUT2D eigenvalue weighted by Crippen LogP contribution is 2.30. The monoisotopic (exact) mass is 232 g/mol. The van der Waals surface area contributed by atoms with Crippen molar-refractivity contribution in [2.75, 3.05) is 13.1 Å². The summed E-state index contributed by atoms with van der Waals surface area (Å²) in [5, 5.41) is 0. The van der Waals surface area contributed by atoms with Crippen LogP contribution in [0.15, 0.2) is 30.3 Å². The van der Waals surface area contributed by atoms with Crippen molar-refractivity contribution >= 4 is 0 Å². The molecule has 17 heavy (non-hydrogen) atoms. The van der Waals surface area contributed by atoms with Gasteiger partial charge in [0.05, 0.1) is 0 Å². The normalized spacial score (nSPS) is 21.6. The van der Waals surface area contributed by atoms with Gasteiger partial charge in [0.25, 0.3) is 0 Å². The molecule has 0 amide bonds. The van der Waals surface area contributed by atoms with Crippen LogP contribution in [-0.4, -0.2) is 29.6 Å². The zero-order valence-corrected chi connectivity index (χ0v) is 11.0. The maximum Gasteiger partial charge on any atom is 0.0264 e. The fourth-order valence-corrected chi connectivity index (χ4v) is 3.01. The number of nitrogens with two attached hydrogens (primary N) is 1. The Bertz CT molecular complexity index is 345. The van der Waals surface area contributed by atoms with Gasteiger partial charge >= 0.3 is 0 Å². The van der Waals surface area contributed by atoms with Crippen molar-refractivity contribution in [1.29, 1.82) is 0 Å². The zero-order valence-electron chi connectivity index (χ0n) is 11.0. The number of benzene rings is 1. The van der Waals surface area contributed by atoms with E-state index in [2.05, 4.69) is 49.1 Å². The molecule has 2 heteroatoms. The maximum atomic E-state index is 5.98. The quantitative estimate of drug-likeness (QED) is 0.864. The van der Waals surface area contributed by atoms with Gasteiger partial charge in [0.15, 0.2) is 0 Å². The third-order valence-electron chi connectivity index (χ3n) is 3.99. The second-order valence-electron chi connectivity index (χ2n) is 5.69. The van der Waals surface area contributed by atoms with E-state index in [0.717, 1.165) is 13.0 Å². The molecule has 1 saturated heterocycles. The highest BCUT2D eigenvalue weighted by molar-refractivity contribution is 5.16. The van der Waals surface area contributed by atoms with Gasteiger partial charge in [-0.05, 0) is 45.2 Å². The van der Waals surface area contributed by atoms with Gasteiger partial charge in [-0.15, -0.1) is 0 Å². The standard InChI is InChI=1S/C15H24N2/c1-15(2)9-6-10-17(15)14(12-16)11-13-7-4-3-5-8-13/h3-5,7-8,14H,6,9-12,16H2,1-2H3. The molecule has 1 aliphatic rings. The fourth-order valence-electron chi connectivity index (χ4n) is 3.01. The zero-order chi connectivity index (χ0) is 12.3. The third-order valence-corrected chi connectivity index (χ3v) is 3.99. The van der Waals surface area contributed by atoms with Gasteiger partial charge in [-0.1, -0.05) is 30.3 Å². The van der Waals surface area contributed by atoms with E-state index in [-0.39, 0.29) is 0 Å². The molecule has 0 spiro atoms. The minimum absolute atomic E-state index is 0.318. The summed E-state index contributed by atoms with van der Waals surface area (Å²) in [6.07, 6.45) is 3.66. The van der Waals surface area contributed by atoms with Gasteiger partial charge in [-0.3, -0.25) is 4.90 Å². The molecule has 94 valence electrons. The van der Waals surface area contributed by atoms with E-state index in [9.17, 15) is 0 Å². The number of likely N-dealkylation sites (tertiary alicyclic amines) is 1. The summed E-state index contributed by atoms with van der Waals surface area (Å²) in [5.74, 6) is 0. The molecular weight excluding hydrogens is 208 g/mol. The van der Waals surface area contributed by atoms with Crippen molar-refractivity contribution in [1.82, 2.24) is 4.90 Å². The average molecular weight is 232 g/mol. The summed E-state index contributed by atoms with van der Waals surface area (Å²) in [5.41, 5.74) is 7.69. The lowest BCUT2D eigenvalue weighted by Gasteiger charge is -2.38. The molecule has 1 aromatic rings. The van der Waals surface area contributed by atoms with E-state index in [1.807, 2.05) is 0 Å². The van der Waals surface area contributed by atoms with E-state index in [4.69, 9.17) is 5.73 Å². The summed E-state index contributed by atoms with van der Waals surface area (Å²) in [6, 6.07) is 11.2. The van der Waals surface area contributed by atoms with Crippen molar-refractivity contribution in [3.8, 4) is 0 Å². The maximum absolute atomic E-state index is 5.98. The molecule has 1 atom stereocenters. The Morgan fingerprint density at radius 2 is 2.00 bits per heavy atom. The van der Waals surface area contributed by atoms with Gasteiger partial charge in [0, 0.05) is 18.1 Å². The molecule has 0 radical (unpaired) electrons. The Morgan fingerprint density at radius 3 is 2.53 bits per heavy atom. The summed E-state index contributed by atoms with van der Waals surface area (Å²) < 4.78 is 0. The molecule has 0 bridgehead atoms. The molecule has 0 aliphatic carbocycles. The van der Waals surface area contributed by atoms with Crippen molar-refractivity contribution in [3.05, 3.63) is 35.9 Å². The van der Waals surface area contributed by atoms with Crippen LogP contribution in [0.1, 0.15) is 32.3 Å². The minimum atomic E-state index is 0.318. The topological polar surface area (TPSA) is 29.3 Å². The van der Waals surface area contributed by atoms with Crippen molar-refractivity contribution in [2.45, 2.75) is 44.7 Å². The van der Waals surface area contributed by atoms with Gasteiger partial charge in [-0.25, -0.2) is 0 Å². The first kappa shape index (κ1) is 12.6. The predicted molar refractivity (Wildman–Crippen MR) is 73.0 cm³/mol. The van der Waals surface area contributed by atoms with Crippen LogP contribution in [0.3, 0.4) is 0 Å². The minimum Gasteiger partial charge on any atom is -0.329 e. The Balaban J connectivity index is 2.07. The number of hydrogen-bond donors (Lipinski definition) is 1. The first-order valence-corrected chi connectivity index (χ1v) is 6.64. The number of hydrogen-bond acceptors (Lipinski definition) is 2. The van der Waals surface area contributed by atoms with Crippen LogP contribution in [0.5, 0.6) is 0 Å². The summed E-state index contributed by atoms with van der Waals surface area (Å²) in [4.78, 5) is 2.60. The molecule has 2 nitrogen and oxygen atoms in total. The molecule has 1 aromatic carbocycles. The molecular formula is C15H24N2. The largest absolute Gasteiger partial charge is 0.329 e. The van der Waals surface area contributed by atoms with Crippen LogP contribution in [-0.2, 0) is 6.42 Å². The second-order valence-corrected chi connectivity index (χ2v) is 5.69. The van der Waals surface area contributed by atoms with Crippen LogP contribution in [0.2, 0.25) is 0 Å². The lowest BCUT2D eigenvalue weighted by Crippen LogP contribution is -2.49.